The Morgan fingerprint density at radius 3 is 2.29 bits per heavy atom. The minimum absolute atomic E-state index is 0.259. The zero-order chi connectivity index (χ0) is 20.1. The van der Waals surface area contributed by atoms with Crippen molar-refractivity contribution in [1.82, 2.24) is 4.98 Å². The average Bonchev–Trinajstić information content (AvgIpc) is 2.64. The molecule has 0 spiro atoms. The standard InChI is InChI=1S/C21H23N3O3S/c1-4-27-19-9-6-17(7-10-19)23-21-12-8-18(14-22-21)24-28(25,26)20-11-5-15(2)13-16(20)3/h5-14,24H,4H2,1-3H3,(H,22,23). The molecule has 0 unspecified atom stereocenters. The molecule has 0 saturated heterocycles. The SMILES string of the molecule is CCOc1ccc(Nc2ccc(NS(=O)(=O)c3ccc(C)cc3C)cn2)cc1. The molecule has 2 aromatic carbocycles. The van der Waals surface area contributed by atoms with Crippen LogP contribution in [0.15, 0.2) is 65.7 Å². The highest BCUT2D eigenvalue weighted by atomic mass is 32.2. The van der Waals surface area contributed by atoms with Crippen molar-refractivity contribution in [3.8, 4) is 5.75 Å². The molecule has 7 heteroatoms. The first-order valence-electron chi connectivity index (χ1n) is 8.93. The third-order valence-electron chi connectivity index (χ3n) is 4.07. The van der Waals surface area contributed by atoms with Gasteiger partial charge in [-0.15, -0.1) is 0 Å². The number of aryl methyl sites for hydroxylation is 2. The largest absolute Gasteiger partial charge is 0.494 e. The summed E-state index contributed by atoms with van der Waals surface area (Å²) in [6.07, 6.45) is 1.48. The van der Waals surface area contributed by atoms with Gasteiger partial charge in [0.25, 0.3) is 10.0 Å². The summed E-state index contributed by atoms with van der Waals surface area (Å²) >= 11 is 0. The zero-order valence-electron chi connectivity index (χ0n) is 16.1. The molecule has 0 aliphatic heterocycles. The molecular formula is C21H23N3O3S. The maximum Gasteiger partial charge on any atom is 0.262 e. The lowest BCUT2D eigenvalue weighted by molar-refractivity contribution is 0.340. The summed E-state index contributed by atoms with van der Waals surface area (Å²) in [4.78, 5) is 4.54. The van der Waals surface area contributed by atoms with Gasteiger partial charge in [-0.05, 0) is 68.8 Å². The van der Waals surface area contributed by atoms with Crippen molar-refractivity contribution in [1.29, 1.82) is 0 Å². The van der Waals surface area contributed by atoms with Gasteiger partial charge in [0.1, 0.15) is 11.6 Å². The summed E-state index contributed by atoms with van der Waals surface area (Å²) in [7, 11) is -3.67. The Bertz CT molecular complexity index is 1050. The van der Waals surface area contributed by atoms with E-state index in [0.29, 0.717) is 23.7 Å². The Morgan fingerprint density at radius 1 is 0.964 bits per heavy atom. The topological polar surface area (TPSA) is 80.3 Å². The fraction of sp³-hybridized carbons (Fsp3) is 0.190. The highest BCUT2D eigenvalue weighted by molar-refractivity contribution is 7.92. The molecule has 1 aromatic heterocycles. The van der Waals surface area contributed by atoms with E-state index in [1.54, 1.807) is 31.2 Å². The molecule has 3 aromatic rings. The summed E-state index contributed by atoms with van der Waals surface area (Å²) in [6, 6.07) is 16.2. The molecule has 0 bridgehead atoms. The molecule has 3 rings (SSSR count). The normalized spacial score (nSPS) is 11.1. The molecular weight excluding hydrogens is 374 g/mol. The Labute approximate surface area is 165 Å². The number of ether oxygens (including phenoxy) is 1. The van der Waals surface area contributed by atoms with Gasteiger partial charge in [0.05, 0.1) is 23.4 Å². The lowest BCUT2D eigenvalue weighted by Gasteiger charge is -2.12. The maximum atomic E-state index is 12.6. The molecule has 0 fully saturated rings. The highest BCUT2D eigenvalue weighted by Crippen LogP contribution is 2.22. The molecule has 0 aliphatic rings. The van der Waals surface area contributed by atoms with Crippen LogP contribution >= 0.6 is 0 Å². The van der Waals surface area contributed by atoms with E-state index < -0.39 is 10.0 Å². The number of benzene rings is 2. The van der Waals surface area contributed by atoms with Crippen LogP contribution in [0.4, 0.5) is 17.2 Å². The minimum Gasteiger partial charge on any atom is -0.494 e. The Morgan fingerprint density at radius 2 is 1.68 bits per heavy atom. The van der Waals surface area contributed by atoms with E-state index in [1.165, 1.54) is 6.20 Å². The molecule has 0 aliphatic carbocycles. The third-order valence-corrected chi connectivity index (χ3v) is 5.61. The smallest absolute Gasteiger partial charge is 0.262 e. The van der Waals surface area contributed by atoms with E-state index in [1.807, 2.05) is 44.2 Å². The van der Waals surface area contributed by atoms with Crippen LogP contribution in [0.25, 0.3) is 0 Å². The first-order chi connectivity index (χ1) is 13.4. The summed E-state index contributed by atoms with van der Waals surface area (Å²) in [5, 5.41) is 3.17. The monoisotopic (exact) mass is 397 g/mol. The van der Waals surface area contributed by atoms with Gasteiger partial charge in [-0.3, -0.25) is 4.72 Å². The van der Waals surface area contributed by atoms with E-state index in [9.17, 15) is 8.42 Å². The summed E-state index contributed by atoms with van der Waals surface area (Å²) in [5.74, 6) is 1.41. The van der Waals surface area contributed by atoms with Gasteiger partial charge < -0.3 is 10.1 Å². The molecule has 6 nitrogen and oxygen atoms in total. The van der Waals surface area contributed by atoms with Gasteiger partial charge in [0.2, 0.25) is 0 Å². The number of anilines is 3. The van der Waals surface area contributed by atoms with Crippen LogP contribution in [0.5, 0.6) is 5.75 Å². The minimum atomic E-state index is -3.67. The zero-order valence-corrected chi connectivity index (χ0v) is 16.9. The maximum absolute atomic E-state index is 12.6. The van der Waals surface area contributed by atoms with Crippen LogP contribution in [0.3, 0.4) is 0 Å². The fourth-order valence-corrected chi connectivity index (χ4v) is 4.06. The van der Waals surface area contributed by atoms with Crippen molar-refractivity contribution in [3.63, 3.8) is 0 Å². The van der Waals surface area contributed by atoms with Crippen LogP contribution in [0.2, 0.25) is 0 Å². The van der Waals surface area contributed by atoms with E-state index in [4.69, 9.17) is 4.74 Å². The number of rotatable bonds is 7. The lowest BCUT2D eigenvalue weighted by Crippen LogP contribution is -2.14. The fourth-order valence-electron chi connectivity index (χ4n) is 2.79. The van der Waals surface area contributed by atoms with Crippen molar-refractivity contribution in [3.05, 3.63) is 71.9 Å². The van der Waals surface area contributed by atoms with Gasteiger partial charge in [0.15, 0.2) is 0 Å². The van der Waals surface area contributed by atoms with E-state index in [-0.39, 0.29) is 4.90 Å². The van der Waals surface area contributed by atoms with Crippen molar-refractivity contribution < 1.29 is 13.2 Å². The number of aromatic nitrogens is 1. The number of sulfonamides is 1. The Balaban J connectivity index is 1.70. The van der Waals surface area contributed by atoms with Crippen LogP contribution in [-0.2, 0) is 10.0 Å². The summed E-state index contributed by atoms with van der Waals surface area (Å²) in [5.41, 5.74) is 2.98. The third kappa shape index (κ3) is 4.80. The first-order valence-corrected chi connectivity index (χ1v) is 10.4. The number of nitrogens with zero attached hydrogens (tertiary/aromatic N) is 1. The second-order valence-corrected chi connectivity index (χ2v) is 8.04. The predicted molar refractivity (Wildman–Crippen MR) is 112 cm³/mol. The van der Waals surface area contributed by atoms with E-state index in [0.717, 1.165) is 17.0 Å². The Kier molecular flexibility index (Phi) is 5.84. The summed E-state index contributed by atoms with van der Waals surface area (Å²) in [6.45, 7) is 6.26. The number of hydrogen-bond donors (Lipinski definition) is 2. The molecule has 0 atom stereocenters. The van der Waals surface area contributed by atoms with Crippen molar-refractivity contribution >= 4 is 27.2 Å². The van der Waals surface area contributed by atoms with Gasteiger partial charge in [0, 0.05) is 5.69 Å². The number of pyridine rings is 1. The second-order valence-electron chi connectivity index (χ2n) is 6.39. The van der Waals surface area contributed by atoms with Gasteiger partial charge in [-0.25, -0.2) is 13.4 Å². The average molecular weight is 398 g/mol. The van der Waals surface area contributed by atoms with Gasteiger partial charge in [-0.2, -0.15) is 0 Å². The van der Waals surface area contributed by atoms with Crippen LogP contribution in [-0.4, -0.2) is 20.0 Å². The lowest BCUT2D eigenvalue weighted by atomic mass is 10.2. The molecule has 0 radical (unpaired) electrons. The van der Waals surface area contributed by atoms with E-state index in [2.05, 4.69) is 15.0 Å². The van der Waals surface area contributed by atoms with Crippen molar-refractivity contribution in [2.45, 2.75) is 25.7 Å². The van der Waals surface area contributed by atoms with E-state index >= 15 is 0 Å². The summed E-state index contributed by atoms with van der Waals surface area (Å²) < 4.78 is 33.2. The molecule has 1 heterocycles. The predicted octanol–water partition coefficient (Wildman–Crippen LogP) is 4.64. The number of nitrogens with one attached hydrogen (secondary N) is 2. The highest BCUT2D eigenvalue weighted by Gasteiger charge is 2.17. The molecule has 2 N–H and O–H groups in total. The second kappa shape index (κ2) is 8.31. The molecule has 146 valence electrons. The Hall–Kier alpha value is -3.06. The quantitative estimate of drug-likeness (QED) is 0.607. The molecule has 28 heavy (non-hydrogen) atoms. The van der Waals surface area contributed by atoms with Crippen LogP contribution in [0, 0.1) is 13.8 Å². The number of hydrogen-bond acceptors (Lipinski definition) is 5. The van der Waals surface area contributed by atoms with Crippen molar-refractivity contribution in [2.24, 2.45) is 0 Å². The van der Waals surface area contributed by atoms with Crippen molar-refractivity contribution in [2.75, 3.05) is 16.6 Å². The van der Waals surface area contributed by atoms with Gasteiger partial charge >= 0.3 is 0 Å². The van der Waals surface area contributed by atoms with Crippen LogP contribution < -0.4 is 14.8 Å². The van der Waals surface area contributed by atoms with Crippen LogP contribution in [0.1, 0.15) is 18.1 Å². The van der Waals surface area contributed by atoms with Gasteiger partial charge in [-0.1, -0.05) is 17.7 Å². The molecule has 0 saturated carbocycles. The first kappa shape index (κ1) is 19.7. The molecule has 0 amide bonds.